The average molecular weight is 269 g/mol. The van der Waals surface area contributed by atoms with Crippen molar-refractivity contribution in [3.8, 4) is 0 Å². The van der Waals surface area contributed by atoms with Crippen molar-refractivity contribution in [1.82, 2.24) is 9.88 Å². The molecule has 1 fully saturated rings. The molecule has 18 heavy (non-hydrogen) atoms. The monoisotopic (exact) mass is 268 g/mol. The normalized spacial score (nSPS) is 19.9. The number of pyridine rings is 1. The van der Waals surface area contributed by atoms with E-state index in [1.807, 2.05) is 6.92 Å². The first-order chi connectivity index (χ1) is 8.72. The van der Waals surface area contributed by atoms with E-state index in [0.29, 0.717) is 18.7 Å². The second-order valence-corrected chi connectivity index (χ2v) is 4.67. The molecule has 1 saturated heterocycles. The van der Waals surface area contributed by atoms with E-state index in [4.69, 9.17) is 16.3 Å². The van der Waals surface area contributed by atoms with Crippen LogP contribution in [0.2, 0.25) is 5.15 Å². The number of aromatic nitrogens is 1. The molecule has 0 spiro atoms. The van der Waals surface area contributed by atoms with Gasteiger partial charge in [-0.05, 0) is 31.9 Å². The Labute approximate surface area is 112 Å². The van der Waals surface area contributed by atoms with Gasteiger partial charge in [-0.2, -0.15) is 0 Å². The van der Waals surface area contributed by atoms with E-state index in [1.54, 1.807) is 23.2 Å². The number of likely N-dealkylation sites (tertiary alicyclic amines) is 1. The lowest BCUT2D eigenvalue weighted by atomic mass is 10.1. The maximum Gasteiger partial charge on any atom is 0.257 e. The number of halogens is 1. The molecule has 0 aliphatic carbocycles. The van der Waals surface area contributed by atoms with Gasteiger partial charge in [-0.3, -0.25) is 4.79 Å². The molecule has 1 aromatic heterocycles. The number of nitrogens with zero attached hydrogens (tertiary/aromatic N) is 2. The Balaban J connectivity index is 2.07. The van der Waals surface area contributed by atoms with Crippen molar-refractivity contribution in [2.45, 2.75) is 25.9 Å². The van der Waals surface area contributed by atoms with Gasteiger partial charge in [-0.25, -0.2) is 4.98 Å². The molecule has 0 radical (unpaired) electrons. The molecule has 4 nitrogen and oxygen atoms in total. The number of piperidine rings is 1. The molecule has 5 heteroatoms. The summed E-state index contributed by atoms with van der Waals surface area (Å²) in [4.78, 5) is 18.1. The van der Waals surface area contributed by atoms with Crippen molar-refractivity contribution in [1.29, 1.82) is 0 Å². The quantitative estimate of drug-likeness (QED) is 0.791. The summed E-state index contributed by atoms with van der Waals surface area (Å²) in [7, 11) is 0. The maximum atomic E-state index is 12.3. The molecule has 1 aliphatic rings. The minimum atomic E-state index is -0.0579. The molecule has 1 amide bonds. The van der Waals surface area contributed by atoms with Gasteiger partial charge in [0.25, 0.3) is 5.91 Å². The van der Waals surface area contributed by atoms with Gasteiger partial charge in [0.1, 0.15) is 5.15 Å². The number of ether oxygens (including phenoxy) is 1. The molecule has 0 aromatic carbocycles. The third-order valence-electron chi connectivity index (χ3n) is 3.06. The lowest BCUT2D eigenvalue weighted by molar-refractivity contribution is 0.00723. The van der Waals surface area contributed by atoms with Crippen LogP contribution in [0.25, 0.3) is 0 Å². The van der Waals surface area contributed by atoms with Gasteiger partial charge in [-0.1, -0.05) is 11.6 Å². The van der Waals surface area contributed by atoms with E-state index in [1.165, 1.54) is 0 Å². The van der Waals surface area contributed by atoms with E-state index < -0.39 is 0 Å². The van der Waals surface area contributed by atoms with Crippen molar-refractivity contribution in [2.24, 2.45) is 0 Å². The molecule has 2 heterocycles. The van der Waals surface area contributed by atoms with E-state index in [-0.39, 0.29) is 17.2 Å². The highest BCUT2D eigenvalue weighted by molar-refractivity contribution is 6.32. The molecular formula is C13H17ClN2O2. The molecule has 0 saturated carbocycles. The number of rotatable bonds is 3. The van der Waals surface area contributed by atoms with Crippen LogP contribution in [0.5, 0.6) is 0 Å². The third kappa shape index (κ3) is 3.00. The second kappa shape index (κ2) is 6.16. The number of amides is 1. The van der Waals surface area contributed by atoms with E-state index in [2.05, 4.69) is 4.98 Å². The number of hydrogen-bond acceptors (Lipinski definition) is 3. The highest BCUT2D eigenvalue weighted by Gasteiger charge is 2.25. The van der Waals surface area contributed by atoms with Crippen molar-refractivity contribution < 1.29 is 9.53 Å². The Kier molecular flexibility index (Phi) is 4.55. The Morgan fingerprint density at radius 2 is 2.50 bits per heavy atom. The van der Waals surface area contributed by atoms with E-state index >= 15 is 0 Å². The van der Waals surface area contributed by atoms with Gasteiger partial charge in [0.15, 0.2) is 0 Å². The molecule has 0 bridgehead atoms. The first-order valence-electron chi connectivity index (χ1n) is 6.23. The molecule has 1 atom stereocenters. The van der Waals surface area contributed by atoms with Crippen LogP contribution in [0, 0.1) is 0 Å². The standard InChI is InChI=1S/C13H17ClN2O2/c1-2-18-10-5-4-8-16(9-10)13(17)11-6-3-7-15-12(11)14/h3,6-7,10H,2,4-5,8-9H2,1H3. The third-order valence-corrected chi connectivity index (χ3v) is 3.36. The highest BCUT2D eigenvalue weighted by Crippen LogP contribution is 2.19. The van der Waals surface area contributed by atoms with Gasteiger partial charge >= 0.3 is 0 Å². The Hall–Kier alpha value is -1.13. The van der Waals surface area contributed by atoms with Crippen LogP contribution >= 0.6 is 11.6 Å². The SMILES string of the molecule is CCOC1CCCN(C(=O)c2cccnc2Cl)C1. The molecule has 1 aliphatic heterocycles. The summed E-state index contributed by atoms with van der Waals surface area (Å²) in [6.07, 6.45) is 3.70. The first-order valence-corrected chi connectivity index (χ1v) is 6.61. The van der Waals surface area contributed by atoms with Crippen molar-refractivity contribution in [3.05, 3.63) is 29.0 Å². The maximum absolute atomic E-state index is 12.3. The summed E-state index contributed by atoms with van der Waals surface area (Å²) in [5.41, 5.74) is 0.469. The number of carbonyl (C=O) groups excluding carboxylic acids is 1. The summed E-state index contributed by atoms with van der Waals surface area (Å²) < 4.78 is 5.59. The average Bonchev–Trinajstić information content (AvgIpc) is 2.39. The first kappa shape index (κ1) is 13.3. The van der Waals surface area contributed by atoms with Crippen LogP contribution in [-0.2, 0) is 4.74 Å². The van der Waals surface area contributed by atoms with Crippen molar-refractivity contribution >= 4 is 17.5 Å². The molecular weight excluding hydrogens is 252 g/mol. The zero-order valence-electron chi connectivity index (χ0n) is 10.4. The molecule has 1 aromatic rings. The lowest BCUT2D eigenvalue weighted by Crippen LogP contribution is -2.43. The van der Waals surface area contributed by atoms with Gasteiger partial charge in [-0.15, -0.1) is 0 Å². The van der Waals surface area contributed by atoms with Gasteiger partial charge in [0.2, 0.25) is 0 Å². The fourth-order valence-corrected chi connectivity index (χ4v) is 2.41. The minimum Gasteiger partial charge on any atom is -0.377 e. The molecule has 98 valence electrons. The molecule has 0 N–H and O–H groups in total. The second-order valence-electron chi connectivity index (χ2n) is 4.31. The fourth-order valence-electron chi connectivity index (χ4n) is 2.21. The van der Waals surface area contributed by atoms with Crippen LogP contribution in [-0.4, -0.2) is 41.6 Å². The predicted molar refractivity (Wildman–Crippen MR) is 69.8 cm³/mol. The Bertz CT molecular complexity index is 423. The topological polar surface area (TPSA) is 42.4 Å². The van der Waals surface area contributed by atoms with Gasteiger partial charge < -0.3 is 9.64 Å². The van der Waals surface area contributed by atoms with Crippen LogP contribution in [0.15, 0.2) is 18.3 Å². The molecule has 1 unspecified atom stereocenters. The van der Waals surface area contributed by atoms with Crippen LogP contribution < -0.4 is 0 Å². The Morgan fingerprint density at radius 3 is 3.22 bits per heavy atom. The van der Waals surface area contributed by atoms with Crippen LogP contribution in [0.3, 0.4) is 0 Å². The Morgan fingerprint density at radius 1 is 1.67 bits per heavy atom. The van der Waals surface area contributed by atoms with Gasteiger partial charge in [0.05, 0.1) is 11.7 Å². The zero-order valence-corrected chi connectivity index (χ0v) is 11.2. The largest absolute Gasteiger partial charge is 0.377 e. The summed E-state index contributed by atoms with van der Waals surface area (Å²) in [5.74, 6) is -0.0579. The summed E-state index contributed by atoms with van der Waals surface area (Å²) in [6.45, 7) is 4.05. The number of hydrogen-bond donors (Lipinski definition) is 0. The highest BCUT2D eigenvalue weighted by atomic mass is 35.5. The van der Waals surface area contributed by atoms with Crippen molar-refractivity contribution in [3.63, 3.8) is 0 Å². The van der Waals surface area contributed by atoms with E-state index in [9.17, 15) is 4.79 Å². The van der Waals surface area contributed by atoms with Crippen molar-refractivity contribution in [2.75, 3.05) is 19.7 Å². The van der Waals surface area contributed by atoms with Gasteiger partial charge in [0, 0.05) is 25.9 Å². The smallest absolute Gasteiger partial charge is 0.257 e. The molecule has 2 rings (SSSR count). The summed E-state index contributed by atoms with van der Waals surface area (Å²) in [6, 6.07) is 3.44. The van der Waals surface area contributed by atoms with E-state index in [0.717, 1.165) is 19.4 Å². The number of carbonyl (C=O) groups is 1. The summed E-state index contributed by atoms with van der Waals surface area (Å²) in [5, 5.41) is 0.265. The fraction of sp³-hybridized carbons (Fsp3) is 0.538. The summed E-state index contributed by atoms with van der Waals surface area (Å²) >= 11 is 5.95. The van der Waals surface area contributed by atoms with Crippen LogP contribution in [0.1, 0.15) is 30.1 Å². The zero-order chi connectivity index (χ0) is 13.0. The van der Waals surface area contributed by atoms with Crippen LogP contribution in [0.4, 0.5) is 0 Å². The lowest BCUT2D eigenvalue weighted by Gasteiger charge is -2.32. The minimum absolute atomic E-state index is 0.0579. The predicted octanol–water partition coefficient (Wildman–Crippen LogP) is 2.38.